The molecular formula is C9H11BrN2O2. The summed E-state index contributed by atoms with van der Waals surface area (Å²) in [7, 11) is 0. The minimum atomic E-state index is -0.406. The van der Waals surface area contributed by atoms with Crippen molar-refractivity contribution >= 4 is 21.6 Å². The molecule has 0 fully saturated rings. The summed E-state index contributed by atoms with van der Waals surface area (Å²) in [6.07, 6.45) is 0.627. The molecule has 1 aromatic carbocycles. The fourth-order valence-electron chi connectivity index (χ4n) is 1.18. The predicted octanol–water partition coefficient (Wildman–Crippen LogP) is 2.25. The highest BCUT2D eigenvalue weighted by Crippen LogP contribution is 2.23. The van der Waals surface area contributed by atoms with Crippen molar-refractivity contribution in [2.24, 2.45) is 5.73 Å². The van der Waals surface area contributed by atoms with Gasteiger partial charge in [0.1, 0.15) is 0 Å². The summed E-state index contributed by atoms with van der Waals surface area (Å²) in [4.78, 5) is 10.1. The Morgan fingerprint density at radius 3 is 2.79 bits per heavy atom. The zero-order chi connectivity index (χ0) is 10.7. The Hall–Kier alpha value is -0.940. The maximum Gasteiger partial charge on any atom is 0.269 e. The van der Waals surface area contributed by atoms with E-state index in [1.54, 1.807) is 12.1 Å². The first-order valence-corrected chi connectivity index (χ1v) is 4.98. The lowest BCUT2D eigenvalue weighted by Crippen LogP contribution is -2.18. The maximum absolute atomic E-state index is 10.5. The Bertz CT molecular complexity index is 353. The molecule has 5 heteroatoms. The molecule has 0 aliphatic rings. The first kappa shape index (κ1) is 11.1. The Kier molecular flexibility index (Phi) is 3.60. The molecule has 0 aliphatic heterocycles. The van der Waals surface area contributed by atoms with Crippen molar-refractivity contribution in [3.63, 3.8) is 0 Å². The number of non-ortho nitro benzene ring substituents is 1. The molecule has 0 saturated carbocycles. The summed E-state index contributed by atoms with van der Waals surface area (Å²) < 4.78 is 0.861. The number of nitro benzene ring substituents is 1. The van der Waals surface area contributed by atoms with Crippen LogP contribution < -0.4 is 5.73 Å². The van der Waals surface area contributed by atoms with Gasteiger partial charge in [-0.25, -0.2) is 0 Å². The highest BCUT2D eigenvalue weighted by molar-refractivity contribution is 9.10. The average molecular weight is 259 g/mol. The number of benzene rings is 1. The van der Waals surface area contributed by atoms with Gasteiger partial charge in [-0.3, -0.25) is 10.1 Å². The number of hydrogen-bond donors (Lipinski definition) is 1. The molecule has 0 aliphatic carbocycles. The first-order chi connectivity index (χ1) is 6.50. The number of halogens is 1. The minimum absolute atomic E-state index is 0.00620. The van der Waals surface area contributed by atoms with E-state index in [0.29, 0.717) is 6.42 Å². The molecule has 1 unspecified atom stereocenters. The van der Waals surface area contributed by atoms with Crippen molar-refractivity contribution in [1.29, 1.82) is 0 Å². The Morgan fingerprint density at radius 1 is 1.64 bits per heavy atom. The van der Waals surface area contributed by atoms with Gasteiger partial charge in [0, 0.05) is 22.6 Å². The van der Waals surface area contributed by atoms with E-state index in [1.807, 2.05) is 6.92 Å². The zero-order valence-corrected chi connectivity index (χ0v) is 9.32. The second-order valence-corrected chi connectivity index (χ2v) is 4.07. The van der Waals surface area contributed by atoms with Crippen LogP contribution in [0.25, 0.3) is 0 Å². The molecule has 1 atom stereocenters. The number of nitrogens with two attached hydrogens (primary N) is 1. The highest BCUT2D eigenvalue weighted by atomic mass is 79.9. The van der Waals surface area contributed by atoms with E-state index in [-0.39, 0.29) is 11.7 Å². The smallest absolute Gasteiger partial charge is 0.269 e. The molecule has 0 amide bonds. The molecule has 1 rings (SSSR count). The van der Waals surface area contributed by atoms with Crippen LogP contribution in [0.3, 0.4) is 0 Å². The second kappa shape index (κ2) is 4.52. The first-order valence-electron chi connectivity index (χ1n) is 4.19. The summed E-state index contributed by atoms with van der Waals surface area (Å²) in [6.45, 7) is 1.87. The molecule has 0 radical (unpaired) electrons. The maximum atomic E-state index is 10.5. The van der Waals surface area contributed by atoms with Gasteiger partial charge < -0.3 is 5.73 Å². The SMILES string of the molecule is CC(N)Cc1cc([N+](=O)[O-])ccc1Br. The van der Waals surface area contributed by atoms with Crippen LogP contribution in [-0.2, 0) is 6.42 Å². The van der Waals surface area contributed by atoms with Gasteiger partial charge in [0.15, 0.2) is 0 Å². The molecule has 0 bridgehead atoms. The van der Waals surface area contributed by atoms with Crippen molar-refractivity contribution in [2.45, 2.75) is 19.4 Å². The summed E-state index contributed by atoms with van der Waals surface area (Å²) in [5, 5.41) is 10.5. The third-order valence-electron chi connectivity index (χ3n) is 1.78. The second-order valence-electron chi connectivity index (χ2n) is 3.21. The summed E-state index contributed by atoms with van der Waals surface area (Å²) in [5.41, 5.74) is 6.60. The zero-order valence-electron chi connectivity index (χ0n) is 7.74. The van der Waals surface area contributed by atoms with Crippen LogP contribution in [0.15, 0.2) is 22.7 Å². The normalized spacial score (nSPS) is 12.5. The van der Waals surface area contributed by atoms with Gasteiger partial charge in [-0.1, -0.05) is 15.9 Å². The third kappa shape index (κ3) is 2.78. The molecule has 2 N–H and O–H groups in total. The lowest BCUT2D eigenvalue weighted by atomic mass is 10.1. The third-order valence-corrected chi connectivity index (χ3v) is 2.56. The van der Waals surface area contributed by atoms with E-state index in [9.17, 15) is 10.1 Å². The average Bonchev–Trinajstić information content (AvgIpc) is 2.07. The van der Waals surface area contributed by atoms with E-state index in [0.717, 1.165) is 10.0 Å². The van der Waals surface area contributed by atoms with Crippen molar-refractivity contribution < 1.29 is 4.92 Å². The van der Waals surface area contributed by atoms with Crippen LogP contribution in [0.2, 0.25) is 0 Å². The van der Waals surface area contributed by atoms with E-state index >= 15 is 0 Å². The fourth-order valence-corrected chi connectivity index (χ4v) is 1.59. The van der Waals surface area contributed by atoms with Crippen molar-refractivity contribution in [1.82, 2.24) is 0 Å². The van der Waals surface area contributed by atoms with E-state index in [2.05, 4.69) is 15.9 Å². The number of rotatable bonds is 3. The van der Waals surface area contributed by atoms with Gasteiger partial charge in [-0.15, -0.1) is 0 Å². The monoisotopic (exact) mass is 258 g/mol. The molecule has 14 heavy (non-hydrogen) atoms. The Balaban J connectivity index is 3.02. The van der Waals surface area contributed by atoms with E-state index in [4.69, 9.17) is 5.73 Å². The summed E-state index contributed by atoms with van der Waals surface area (Å²) >= 11 is 3.33. The molecule has 0 aromatic heterocycles. The van der Waals surface area contributed by atoms with Crippen LogP contribution in [0.5, 0.6) is 0 Å². The number of hydrogen-bond acceptors (Lipinski definition) is 3. The molecule has 0 saturated heterocycles. The van der Waals surface area contributed by atoms with Gasteiger partial charge in [-0.05, 0) is 25.0 Å². The van der Waals surface area contributed by atoms with Crippen molar-refractivity contribution in [3.05, 3.63) is 38.3 Å². The molecule has 1 aromatic rings. The summed E-state index contributed by atoms with van der Waals surface area (Å²) in [6, 6.07) is 4.69. The Morgan fingerprint density at radius 2 is 2.29 bits per heavy atom. The van der Waals surface area contributed by atoms with Crippen molar-refractivity contribution in [3.8, 4) is 0 Å². The highest BCUT2D eigenvalue weighted by Gasteiger charge is 2.10. The number of nitro groups is 1. The molecule has 76 valence electrons. The van der Waals surface area contributed by atoms with Gasteiger partial charge in [0.05, 0.1) is 4.92 Å². The predicted molar refractivity (Wildman–Crippen MR) is 58.1 cm³/mol. The quantitative estimate of drug-likeness (QED) is 0.668. The van der Waals surface area contributed by atoms with Gasteiger partial charge >= 0.3 is 0 Å². The lowest BCUT2D eigenvalue weighted by Gasteiger charge is -2.06. The van der Waals surface area contributed by atoms with Gasteiger partial charge in [0.2, 0.25) is 0 Å². The van der Waals surface area contributed by atoms with Gasteiger partial charge in [-0.2, -0.15) is 0 Å². The van der Waals surface area contributed by atoms with Crippen LogP contribution in [0.1, 0.15) is 12.5 Å². The van der Waals surface area contributed by atoms with E-state index < -0.39 is 4.92 Å². The van der Waals surface area contributed by atoms with Gasteiger partial charge in [0.25, 0.3) is 5.69 Å². The summed E-state index contributed by atoms with van der Waals surface area (Å²) in [5.74, 6) is 0. The molecule has 0 spiro atoms. The largest absolute Gasteiger partial charge is 0.328 e. The molecular weight excluding hydrogens is 248 g/mol. The standard InChI is InChI=1S/C9H11BrN2O2/c1-6(11)4-7-5-8(12(13)14)2-3-9(7)10/h2-3,5-6H,4,11H2,1H3. The van der Waals surface area contributed by atoms with Crippen molar-refractivity contribution in [2.75, 3.05) is 0 Å². The lowest BCUT2D eigenvalue weighted by molar-refractivity contribution is -0.384. The minimum Gasteiger partial charge on any atom is -0.328 e. The molecule has 4 nitrogen and oxygen atoms in total. The van der Waals surface area contributed by atoms with E-state index in [1.165, 1.54) is 6.07 Å². The molecule has 0 heterocycles. The fraction of sp³-hybridized carbons (Fsp3) is 0.333. The topological polar surface area (TPSA) is 69.2 Å². The van der Waals surface area contributed by atoms with Crippen LogP contribution in [-0.4, -0.2) is 11.0 Å². The van der Waals surface area contributed by atoms with Crippen LogP contribution in [0, 0.1) is 10.1 Å². The Labute approximate surface area is 90.4 Å². The van der Waals surface area contributed by atoms with Crippen LogP contribution >= 0.6 is 15.9 Å². The number of nitrogens with zero attached hydrogens (tertiary/aromatic N) is 1. The van der Waals surface area contributed by atoms with Crippen LogP contribution in [0.4, 0.5) is 5.69 Å².